The third kappa shape index (κ3) is 7.60. The largest absolute Gasteiger partial charge is 0.497 e. The van der Waals surface area contributed by atoms with Crippen LogP contribution in [0.1, 0.15) is 38.8 Å². The number of carbonyl (C=O) groups excluding carboxylic acids is 2. The molecule has 39 heavy (non-hydrogen) atoms. The first kappa shape index (κ1) is 29.7. The van der Waals surface area contributed by atoms with Gasteiger partial charge in [-0.3, -0.25) is 13.9 Å². The lowest BCUT2D eigenvalue weighted by Crippen LogP contribution is -2.54. The van der Waals surface area contributed by atoms with Crippen molar-refractivity contribution in [1.29, 1.82) is 0 Å². The number of anilines is 1. The van der Waals surface area contributed by atoms with Gasteiger partial charge in [0.2, 0.25) is 11.8 Å². The molecular weight excluding hydrogens is 514 g/mol. The number of sulfonamides is 1. The van der Waals surface area contributed by atoms with Crippen LogP contribution < -0.4 is 14.4 Å². The first-order valence-electron chi connectivity index (χ1n) is 12.7. The van der Waals surface area contributed by atoms with E-state index in [1.165, 1.54) is 17.0 Å². The Labute approximate surface area is 231 Å². The molecule has 8 nitrogen and oxygen atoms in total. The van der Waals surface area contributed by atoms with E-state index in [-0.39, 0.29) is 17.3 Å². The van der Waals surface area contributed by atoms with Gasteiger partial charge in [0.25, 0.3) is 10.0 Å². The number of aryl methyl sites for hydroxylation is 1. The molecule has 0 aliphatic heterocycles. The Balaban J connectivity index is 2.05. The van der Waals surface area contributed by atoms with Crippen LogP contribution >= 0.6 is 0 Å². The van der Waals surface area contributed by atoms with Crippen molar-refractivity contribution in [2.24, 2.45) is 0 Å². The van der Waals surface area contributed by atoms with Crippen molar-refractivity contribution in [3.8, 4) is 5.75 Å². The summed E-state index contributed by atoms with van der Waals surface area (Å²) >= 11 is 0. The van der Waals surface area contributed by atoms with Crippen molar-refractivity contribution in [2.75, 3.05) is 18.0 Å². The normalized spacial score (nSPS) is 12.4. The average Bonchev–Trinajstić information content (AvgIpc) is 2.90. The van der Waals surface area contributed by atoms with Gasteiger partial charge in [0.15, 0.2) is 0 Å². The van der Waals surface area contributed by atoms with E-state index >= 15 is 0 Å². The molecule has 0 saturated heterocycles. The first-order chi connectivity index (χ1) is 18.3. The molecule has 208 valence electrons. The zero-order chi connectivity index (χ0) is 28.8. The molecule has 0 fully saturated rings. The number of hydrogen-bond acceptors (Lipinski definition) is 5. The van der Waals surface area contributed by atoms with E-state index in [1.807, 2.05) is 32.9 Å². The second-order valence-electron chi connectivity index (χ2n) is 10.4. The molecule has 0 heterocycles. The predicted molar refractivity (Wildman–Crippen MR) is 153 cm³/mol. The Morgan fingerprint density at radius 1 is 0.949 bits per heavy atom. The van der Waals surface area contributed by atoms with Crippen LogP contribution in [0.4, 0.5) is 5.69 Å². The van der Waals surface area contributed by atoms with E-state index in [2.05, 4.69) is 5.32 Å². The molecule has 2 amide bonds. The van der Waals surface area contributed by atoms with Gasteiger partial charge in [-0.05, 0) is 76.1 Å². The summed E-state index contributed by atoms with van der Waals surface area (Å²) in [5.74, 6) is -0.246. The number of carbonyl (C=O) groups is 2. The highest BCUT2D eigenvalue weighted by atomic mass is 32.2. The topological polar surface area (TPSA) is 96.0 Å². The molecule has 0 spiro atoms. The number of benzene rings is 3. The van der Waals surface area contributed by atoms with Gasteiger partial charge < -0.3 is 15.0 Å². The molecule has 0 aromatic heterocycles. The fourth-order valence-electron chi connectivity index (χ4n) is 4.10. The maximum atomic E-state index is 14.0. The Morgan fingerprint density at radius 2 is 1.59 bits per heavy atom. The van der Waals surface area contributed by atoms with Crippen LogP contribution in [0.5, 0.6) is 5.75 Å². The minimum absolute atomic E-state index is 0.0684. The summed E-state index contributed by atoms with van der Waals surface area (Å²) in [4.78, 5) is 28.7. The summed E-state index contributed by atoms with van der Waals surface area (Å²) in [7, 11) is -2.55. The Kier molecular flexibility index (Phi) is 9.40. The summed E-state index contributed by atoms with van der Waals surface area (Å²) in [5, 5.41) is 2.92. The van der Waals surface area contributed by atoms with Gasteiger partial charge in [-0.1, -0.05) is 48.5 Å². The molecule has 1 unspecified atom stereocenters. The Hall–Kier alpha value is -3.85. The molecule has 0 radical (unpaired) electrons. The summed E-state index contributed by atoms with van der Waals surface area (Å²) in [5.41, 5.74) is 1.32. The maximum Gasteiger partial charge on any atom is 0.264 e. The highest BCUT2D eigenvalue weighted by Crippen LogP contribution is 2.27. The molecule has 3 aromatic rings. The number of rotatable bonds is 10. The number of ether oxygens (including phenoxy) is 1. The molecular formula is C30H37N3O5S. The fourth-order valence-corrected chi connectivity index (χ4v) is 5.60. The zero-order valence-electron chi connectivity index (χ0n) is 23.3. The molecule has 0 aliphatic carbocycles. The number of nitrogens with one attached hydrogen (secondary N) is 1. The van der Waals surface area contributed by atoms with Crippen molar-refractivity contribution in [1.82, 2.24) is 10.2 Å². The lowest BCUT2D eigenvalue weighted by atomic mass is 10.1. The van der Waals surface area contributed by atoms with Crippen LogP contribution in [0.3, 0.4) is 0 Å². The van der Waals surface area contributed by atoms with Crippen LogP contribution in [0.2, 0.25) is 0 Å². The predicted octanol–water partition coefficient (Wildman–Crippen LogP) is 4.53. The minimum Gasteiger partial charge on any atom is -0.497 e. The van der Waals surface area contributed by atoms with Crippen molar-refractivity contribution < 1.29 is 22.7 Å². The second-order valence-corrected chi connectivity index (χ2v) is 12.3. The number of nitrogens with zero attached hydrogens (tertiary/aromatic N) is 2. The van der Waals surface area contributed by atoms with E-state index in [0.717, 1.165) is 9.87 Å². The standard InChI is InChI=1S/C30H37N3O5S/c1-22-13-10-11-18-27(22)33(39(36,37)26-16-8-7-9-17-26)21-28(34)32(23(2)29(35)31-30(3,4)5)20-24-14-12-15-25(19-24)38-6/h7-19,23H,20-21H2,1-6H3,(H,31,35). The van der Waals surface area contributed by atoms with E-state index in [0.29, 0.717) is 17.0 Å². The highest BCUT2D eigenvalue weighted by molar-refractivity contribution is 7.92. The van der Waals surface area contributed by atoms with Crippen molar-refractivity contribution in [3.05, 3.63) is 90.0 Å². The lowest BCUT2D eigenvalue weighted by molar-refractivity contribution is -0.140. The molecule has 0 saturated carbocycles. The molecule has 3 aromatic carbocycles. The van der Waals surface area contributed by atoms with Crippen molar-refractivity contribution in [2.45, 2.75) is 57.6 Å². The molecule has 0 aliphatic rings. The zero-order valence-corrected chi connectivity index (χ0v) is 24.2. The summed E-state index contributed by atoms with van der Waals surface area (Å²) in [6, 6.07) is 21.3. The quantitative estimate of drug-likeness (QED) is 0.399. The summed E-state index contributed by atoms with van der Waals surface area (Å²) in [6.45, 7) is 8.61. The van der Waals surface area contributed by atoms with Crippen LogP contribution in [0.25, 0.3) is 0 Å². The van der Waals surface area contributed by atoms with Gasteiger partial charge in [0.05, 0.1) is 17.7 Å². The van der Waals surface area contributed by atoms with Gasteiger partial charge in [-0.2, -0.15) is 0 Å². The van der Waals surface area contributed by atoms with Gasteiger partial charge in [0.1, 0.15) is 18.3 Å². The van der Waals surface area contributed by atoms with E-state index in [9.17, 15) is 18.0 Å². The Bertz CT molecular complexity index is 1400. The number of amides is 2. The highest BCUT2D eigenvalue weighted by Gasteiger charge is 2.33. The first-order valence-corrected chi connectivity index (χ1v) is 14.2. The number of para-hydroxylation sites is 1. The van der Waals surface area contributed by atoms with E-state index in [4.69, 9.17) is 4.74 Å². The SMILES string of the molecule is COc1cccc(CN(C(=O)CN(c2ccccc2C)S(=O)(=O)c2ccccc2)C(C)C(=O)NC(C)(C)C)c1. The molecule has 0 bridgehead atoms. The smallest absolute Gasteiger partial charge is 0.264 e. The molecule has 3 rings (SSSR count). The van der Waals surface area contributed by atoms with Crippen LogP contribution in [-0.4, -0.2) is 50.4 Å². The third-order valence-corrected chi connectivity index (χ3v) is 7.92. The van der Waals surface area contributed by atoms with Crippen LogP contribution in [0.15, 0.2) is 83.8 Å². The van der Waals surface area contributed by atoms with Gasteiger partial charge >= 0.3 is 0 Å². The van der Waals surface area contributed by atoms with Gasteiger partial charge in [-0.15, -0.1) is 0 Å². The molecule has 9 heteroatoms. The monoisotopic (exact) mass is 551 g/mol. The van der Waals surface area contributed by atoms with Crippen molar-refractivity contribution >= 4 is 27.5 Å². The molecule has 1 atom stereocenters. The second kappa shape index (κ2) is 12.3. The number of methoxy groups -OCH3 is 1. The van der Waals surface area contributed by atoms with Crippen LogP contribution in [-0.2, 0) is 26.2 Å². The van der Waals surface area contributed by atoms with E-state index in [1.54, 1.807) is 75.6 Å². The van der Waals surface area contributed by atoms with Crippen LogP contribution in [0, 0.1) is 6.92 Å². The Morgan fingerprint density at radius 3 is 2.21 bits per heavy atom. The lowest BCUT2D eigenvalue weighted by Gasteiger charge is -2.33. The van der Waals surface area contributed by atoms with Crippen molar-refractivity contribution in [3.63, 3.8) is 0 Å². The minimum atomic E-state index is -4.10. The third-order valence-electron chi connectivity index (χ3n) is 6.15. The maximum absolute atomic E-state index is 14.0. The fraction of sp³-hybridized carbons (Fsp3) is 0.333. The van der Waals surface area contributed by atoms with Gasteiger partial charge in [-0.25, -0.2) is 8.42 Å². The summed E-state index contributed by atoms with van der Waals surface area (Å²) < 4.78 is 34.1. The summed E-state index contributed by atoms with van der Waals surface area (Å²) in [6.07, 6.45) is 0. The average molecular weight is 552 g/mol. The molecule has 1 N–H and O–H groups in total. The van der Waals surface area contributed by atoms with Gasteiger partial charge in [0, 0.05) is 12.1 Å². The number of hydrogen-bond donors (Lipinski definition) is 1. The van der Waals surface area contributed by atoms with E-state index < -0.39 is 34.1 Å².